The van der Waals surface area contributed by atoms with Gasteiger partial charge < -0.3 is 22.8 Å². The van der Waals surface area contributed by atoms with E-state index in [9.17, 15) is 0 Å². The highest BCUT2D eigenvalue weighted by Gasteiger charge is 2.15. The van der Waals surface area contributed by atoms with Crippen LogP contribution in [0.25, 0.3) is 0 Å². The van der Waals surface area contributed by atoms with Crippen molar-refractivity contribution in [3.8, 4) is 0 Å². The van der Waals surface area contributed by atoms with Crippen LogP contribution in [0, 0.1) is 145 Å². The van der Waals surface area contributed by atoms with Crippen molar-refractivity contribution in [1.82, 2.24) is 67.7 Å². The smallest absolute Gasteiger partial charge is 0.106 e. The van der Waals surface area contributed by atoms with Gasteiger partial charge in [-0.1, -0.05) is 158 Å². The molecule has 0 aliphatic carbocycles. The second-order valence-corrected chi connectivity index (χ2v) is 54.8. The lowest BCUT2D eigenvalue weighted by Gasteiger charge is -2.11. The van der Waals surface area contributed by atoms with Crippen LogP contribution in [0.4, 0.5) is 0 Å². The number of thiophene rings is 7. The first-order valence-corrected chi connectivity index (χ1v) is 62.8. The molecular weight excluding hydrogens is 2040 g/mol. The van der Waals surface area contributed by atoms with E-state index < -0.39 is 0 Å². The van der Waals surface area contributed by atoms with Gasteiger partial charge in [0.2, 0.25) is 0 Å². The van der Waals surface area contributed by atoms with Gasteiger partial charge in [-0.25, -0.2) is 39.9 Å². The van der Waals surface area contributed by atoms with E-state index >= 15 is 0 Å². The molecule has 0 amide bonds. The van der Waals surface area contributed by atoms with Crippen molar-refractivity contribution < 1.29 is 0 Å². The van der Waals surface area contributed by atoms with E-state index in [0.717, 1.165) is 28.7 Å². The normalized spacial score (nSPS) is 10.7. The Labute approximate surface area is 952 Å². The number of thiazole rings is 4. The third-order valence-corrected chi connectivity index (χ3v) is 37.9. The molecule has 0 spiro atoms. The minimum atomic E-state index is 0.524. The topological polar surface area (TPSA) is 141 Å². The summed E-state index contributed by atoms with van der Waals surface area (Å²) in [7, 11) is 0. The summed E-state index contributed by atoms with van der Waals surface area (Å²) >= 11 is 20.2. The van der Waals surface area contributed by atoms with E-state index in [4.69, 9.17) is 0 Å². The molecule has 0 aromatic carbocycles. The van der Waals surface area contributed by atoms with E-state index in [1.807, 2.05) is 186 Å². The molecule has 0 atom stereocenters. The summed E-state index contributed by atoms with van der Waals surface area (Å²) in [6.45, 7) is 115. The molecule has 14 nitrogen and oxygen atoms in total. The number of rotatable bonds is 16. The highest BCUT2D eigenvalue weighted by Crippen LogP contribution is 2.34. The third-order valence-electron chi connectivity index (χ3n) is 23.5. The Morgan fingerprint density at radius 2 is 0.859 bits per heavy atom. The number of hydrogen-bond donors (Lipinski definition) is 0. The SMILES string of the molecule is CC(C)c1cccs1.CC(C)c1cncs1.Cc1cc(C(C)C)sc1C.Cc1cc(C)c(C(C)C)s1.Cc1ccc(C(C)C)s1.Cc1ccsc1C(C)C.Cc1cn(C(C)C)cn1.Cc1cncn1C(C)C.Cc1csc(C(C)C)c1.Cc1csc(C(C)C)c1C.Cc1nc(C)c(C(C)C)s1.Cc1nc(C)n(C(C)C)c1C.Cc1ncc(C(C)C)s1.Cc1nccn1C(C)C.Cc1ncn(C(C)C)c1C.Cc1ncsc1C(C)C. The van der Waals surface area contributed by atoms with Crippen LogP contribution < -0.4 is 0 Å². The minimum Gasteiger partial charge on any atom is -0.335 e. The van der Waals surface area contributed by atoms with Gasteiger partial charge in [-0.15, -0.1) is 125 Å². The van der Waals surface area contributed by atoms with Crippen molar-refractivity contribution in [2.45, 2.75) is 462 Å². The van der Waals surface area contributed by atoms with Crippen LogP contribution >= 0.6 is 125 Å². The first-order chi connectivity index (χ1) is 69.4. The first-order valence-electron chi connectivity index (χ1n) is 53.4. The Bertz CT molecular complexity index is 5600. The zero-order chi connectivity index (χ0) is 114. The Balaban J connectivity index is 0.000000795. The Hall–Kier alpha value is -7.53. The largest absolute Gasteiger partial charge is 0.335 e. The zero-order valence-electron chi connectivity index (χ0n) is 102. The monoisotopic (exact) mass is 2240 g/mol. The molecule has 0 saturated heterocycles. The lowest BCUT2D eigenvalue weighted by molar-refractivity contribution is 0.569. The number of hydrogen-bond acceptors (Lipinski definition) is 20. The fraction of sp³-hybridized carbons (Fsp3) is 0.556. The Kier molecular flexibility index (Phi) is 67.6. The van der Waals surface area contributed by atoms with Crippen LogP contribution in [-0.2, 0) is 0 Å². The number of nitrogens with zero attached hydrogens (tertiary/aromatic N) is 14. The van der Waals surface area contributed by atoms with Crippen LogP contribution in [0.3, 0.4) is 0 Å². The molecule has 16 rings (SSSR count). The Morgan fingerprint density at radius 3 is 1.07 bits per heavy atom. The van der Waals surface area contributed by atoms with Crippen molar-refractivity contribution in [3.63, 3.8) is 0 Å². The Morgan fingerprint density at radius 1 is 0.289 bits per heavy atom. The highest BCUT2D eigenvalue weighted by molar-refractivity contribution is 7.14. The molecule has 16 aromatic rings. The van der Waals surface area contributed by atoms with Gasteiger partial charge in [-0.3, -0.25) is 4.98 Å². The number of aromatic nitrogens is 14. The minimum absolute atomic E-state index is 0.524. The summed E-state index contributed by atoms with van der Waals surface area (Å²) < 4.78 is 10.8. The molecule has 0 fully saturated rings. The summed E-state index contributed by atoms with van der Waals surface area (Å²) in [6, 6.07) is 20.3. The van der Waals surface area contributed by atoms with E-state index in [2.05, 4.69) is 477 Å². The number of imidazole rings is 5. The predicted molar refractivity (Wildman–Crippen MR) is 676 cm³/mol. The quantitative estimate of drug-likeness (QED) is 0.0924. The molecule has 149 heavy (non-hydrogen) atoms. The molecule has 0 radical (unpaired) electrons. The maximum Gasteiger partial charge on any atom is 0.106 e. The molecule has 25 heteroatoms. The molecule has 0 saturated carbocycles. The predicted octanol–water partition coefficient (Wildman–Crippen LogP) is 43.0. The van der Waals surface area contributed by atoms with Crippen LogP contribution in [0.15, 0.2) is 137 Å². The van der Waals surface area contributed by atoms with Crippen LogP contribution in [0.1, 0.15) is 486 Å². The summed E-state index contributed by atoms with van der Waals surface area (Å²) in [4.78, 5) is 57.9. The lowest BCUT2D eigenvalue weighted by atomic mass is 10.1. The zero-order valence-corrected chi connectivity index (χ0v) is 111. The van der Waals surface area contributed by atoms with Crippen LogP contribution in [0.5, 0.6) is 0 Å². The molecular formula is C124H198N14S11. The molecule has 0 aliphatic rings. The number of aryl methyl sites for hydroxylation is 18. The third kappa shape index (κ3) is 53.5. The van der Waals surface area contributed by atoms with Crippen molar-refractivity contribution >= 4 is 125 Å². The van der Waals surface area contributed by atoms with Gasteiger partial charge in [-0.2, -0.15) is 0 Å². The molecule has 0 aliphatic heterocycles. The van der Waals surface area contributed by atoms with Gasteiger partial charge in [-0.05, 0) is 377 Å². The average Bonchev–Trinajstić information content (AvgIpc) is 1.66. The van der Waals surface area contributed by atoms with Crippen molar-refractivity contribution in [2.24, 2.45) is 0 Å². The summed E-state index contributed by atoms with van der Waals surface area (Å²) in [5, 5.41) is 11.1. The van der Waals surface area contributed by atoms with Crippen molar-refractivity contribution in [1.29, 1.82) is 0 Å². The van der Waals surface area contributed by atoms with Crippen LogP contribution in [0.2, 0.25) is 0 Å². The first kappa shape index (κ1) is 139. The highest BCUT2D eigenvalue weighted by atomic mass is 32.1. The molecule has 0 bridgehead atoms. The fourth-order valence-electron chi connectivity index (χ4n) is 14.6. The van der Waals surface area contributed by atoms with E-state index in [1.54, 1.807) is 34.0 Å². The molecule has 830 valence electrons. The summed E-state index contributed by atoms with van der Waals surface area (Å²) in [5.41, 5.74) is 22.0. The maximum absolute atomic E-state index is 4.39. The second kappa shape index (κ2) is 72.3. The van der Waals surface area contributed by atoms with Gasteiger partial charge in [0.25, 0.3) is 0 Å². The van der Waals surface area contributed by atoms with Crippen molar-refractivity contribution in [3.05, 3.63) is 306 Å². The molecule has 0 unspecified atom stereocenters. The van der Waals surface area contributed by atoms with Crippen LogP contribution in [-0.4, -0.2) is 67.7 Å². The van der Waals surface area contributed by atoms with Gasteiger partial charge in [0.05, 0.1) is 68.5 Å². The summed E-state index contributed by atoms with van der Waals surface area (Å²) in [5.74, 6) is 9.63. The molecule has 0 N–H and O–H groups in total. The van der Waals surface area contributed by atoms with E-state index in [0.29, 0.717) is 95.3 Å². The van der Waals surface area contributed by atoms with E-state index in [1.165, 1.54) is 140 Å². The fourth-order valence-corrected chi connectivity index (χ4v) is 24.4. The van der Waals surface area contributed by atoms with Crippen molar-refractivity contribution in [2.75, 3.05) is 0 Å². The average molecular weight is 2240 g/mol. The lowest BCUT2D eigenvalue weighted by Crippen LogP contribution is -2.04. The molecule has 16 heterocycles. The standard InChI is InChI=1S/C9H16N2.3C9H14S.C8H14N2.C8H13NS.3C8H12S.3C7H12N2.2C7H11NS.C7H10S.C6H9NS/c1-6(2)11-8(4)7(3)10-9(11)5;1-6(2)9-8(4)7(3)5-10-9;1-6(2)9-5-7(3)8(4)10-9;1-6(2)9-7(3)5-8(4)10-9;1-6(2)10-5-9-7(3)8(10)4;1-5(2)8-6(3)9-7(4)10-8;1-6(2)8-4-7(3)5-9-8;1-6(2)8-7(3)4-5-9-8;1-6(2)8-5-4-7(3)9-8;1-6(2)9-4-7(3)8-5-9;1-6(2)9-5-8-4-7(9)3;1-6(2)9-5-4-8-7(9)3;1-5(2)7-6(3)8-4-9-7;1-5(2)7-4-8-6(3)9-7;1-6(2)7-4-3-5-8-7;1-5(2)6-3-7-4-8-6/h6H,1-5H3;4*5-6H,1-4H3;5H,1-4H3;6*4-6H,1-3H3;2*4-5H,1-3H3;3-6H,1-2H3;3-5H,1-2H3. The summed E-state index contributed by atoms with van der Waals surface area (Å²) in [6.07, 6.45) is 17.3. The van der Waals surface area contributed by atoms with Gasteiger partial charge in [0.15, 0.2) is 0 Å². The second-order valence-electron chi connectivity index (χ2n) is 42.8. The molecule has 16 aromatic heterocycles. The van der Waals surface area contributed by atoms with Gasteiger partial charge >= 0.3 is 0 Å². The van der Waals surface area contributed by atoms with E-state index in [-0.39, 0.29) is 0 Å². The maximum atomic E-state index is 4.39. The van der Waals surface area contributed by atoms with Gasteiger partial charge in [0, 0.05) is 153 Å². The van der Waals surface area contributed by atoms with Gasteiger partial charge in [0.1, 0.15) is 11.6 Å².